The topological polar surface area (TPSA) is 43.4 Å². The molecule has 0 fully saturated rings. The summed E-state index contributed by atoms with van der Waals surface area (Å²) in [4.78, 5) is 0.301. The molecule has 4 heteroatoms. The van der Waals surface area contributed by atoms with Crippen molar-refractivity contribution in [3.63, 3.8) is 0 Å². The summed E-state index contributed by atoms with van der Waals surface area (Å²) in [5.41, 5.74) is 2.28. The lowest BCUT2D eigenvalue weighted by Crippen LogP contribution is -1.98. The second-order valence-corrected chi connectivity index (χ2v) is 6.54. The smallest absolute Gasteiger partial charge is 0.175 e. The Kier molecular flexibility index (Phi) is 3.90. The van der Waals surface area contributed by atoms with E-state index in [4.69, 9.17) is 4.74 Å². The van der Waals surface area contributed by atoms with Crippen LogP contribution in [0.2, 0.25) is 0 Å². The Labute approximate surface area is 113 Å². The van der Waals surface area contributed by atoms with Gasteiger partial charge in [0.05, 0.1) is 4.90 Å². The molecule has 0 unspecified atom stereocenters. The van der Waals surface area contributed by atoms with Crippen LogP contribution in [-0.4, -0.2) is 14.7 Å². The summed E-state index contributed by atoms with van der Waals surface area (Å²) in [6.07, 6.45) is 1.19. The molecular formula is C15H16O3S. The molecule has 0 atom stereocenters. The Morgan fingerprint density at radius 1 is 1.05 bits per heavy atom. The van der Waals surface area contributed by atoms with Crippen LogP contribution in [0.5, 0.6) is 5.75 Å². The van der Waals surface area contributed by atoms with Crippen molar-refractivity contribution in [1.82, 2.24) is 0 Å². The van der Waals surface area contributed by atoms with Crippen LogP contribution in [0.25, 0.3) is 0 Å². The van der Waals surface area contributed by atoms with Crippen LogP contribution in [0.15, 0.2) is 53.4 Å². The number of hydrogen-bond acceptors (Lipinski definition) is 3. The molecular weight excluding hydrogens is 260 g/mol. The molecule has 0 aliphatic carbocycles. The molecule has 19 heavy (non-hydrogen) atoms. The molecule has 2 aromatic carbocycles. The van der Waals surface area contributed by atoms with Crippen LogP contribution < -0.4 is 4.74 Å². The highest BCUT2D eigenvalue weighted by molar-refractivity contribution is 7.90. The second kappa shape index (κ2) is 5.45. The van der Waals surface area contributed by atoms with Crippen LogP contribution in [0.1, 0.15) is 11.1 Å². The molecule has 0 amide bonds. The van der Waals surface area contributed by atoms with Crippen LogP contribution in [-0.2, 0) is 16.4 Å². The Balaban J connectivity index is 2.05. The van der Waals surface area contributed by atoms with Crippen LogP contribution in [0, 0.1) is 6.92 Å². The Hall–Kier alpha value is -1.81. The van der Waals surface area contributed by atoms with E-state index in [-0.39, 0.29) is 0 Å². The highest BCUT2D eigenvalue weighted by atomic mass is 32.2. The molecule has 0 aliphatic rings. The van der Waals surface area contributed by atoms with Gasteiger partial charge < -0.3 is 4.74 Å². The fraction of sp³-hybridized carbons (Fsp3) is 0.200. The second-order valence-electron chi connectivity index (χ2n) is 4.52. The fourth-order valence-corrected chi connectivity index (χ4v) is 2.38. The standard InChI is InChI=1S/C15H16O3S/c1-12-4-3-5-13(10-12)11-18-14-6-8-15(9-7-14)19(2,16)17/h3-10H,11H2,1-2H3. The summed E-state index contributed by atoms with van der Waals surface area (Å²) in [5.74, 6) is 0.661. The summed E-state index contributed by atoms with van der Waals surface area (Å²) >= 11 is 0. The first-order valence-corrected chi connectivity index (χ1v) is 7.83. The minimum atomic E-state index is -3.15. The SMILES string of the molecule is Cc1cccc(COc2ccc(S(C)(=O)=O)cc2)c1. The maximum atomic E-state index is 11.3. The molecule has 0 saturated heterocycles. The molecule has 0 aromatic heterocycles. The Morgan fingerprint density at radius 3 is 2.32 bits per heavy atom. The van der Waals surface area contributed by atoms with E-state index in [2.05, 4.69) is 6.07 Å². The maximum Gasteiger partial charge on any atom is 0.175 e. The third kappa shape index (κ3) is 3.83. The van der Waals surface area contributed by atoms with Crippen LogP contribution in [0.4, 0.5) is 0 Å². The summed E-state index contributed by atoms with van der Waals surface area (Å²) in [7, 11) is -3.15. The summed E-state index contributed by atoms with van der Waals surface area (Å²) < 4.78 is 28.3. The lowest BCUT2D eigenvalue weighted by atomic mass is 10.1. The molecule has 0 heterocycles. The van der Waals surface area contributed by atoms with Crippen molar-refractivity contribution in [1.29, 1.82) is 0 Å². The van der Waals surface area contributed by atoms with Gasteiger partial charge in [-0.3, -0.25) is 0 Å². The summed E-state index contributed by atoms with van der Waals surface area (Å²) in [6.45, 7) is 2.50. The van der Waals surface area contributed by atoms with E-state index in [0.717, 1.165) is 5.56 Å². The van der Waals surface area contributed by atoms with Crippen LogP contribution >= 0.6 is 0 Å². The number of hydrogen-bond donors (Lipinski definition) is 0. The predicted octanol–water partition coefficient (Wildman–Crippen LogP) is 2.98. The third-order valence-electron chi connectivity index (χ3n) is 2.74. The summed E-state index contributed by atoms with van der Waals surface area (Å²) in [6, 6.07) is 14.5. The lowest BCUT2D eigenvalue weighted by Gasteiger charge is -2.07. The van der Waals surface area contributed by atoms with E-state index in [9.17, 15) is 8.42 Å². The van der Waals surface area contributed by atoms with E-state index in [0.29, 0.717) is 17.3 Å². The molecule has 0 spiro atoms. The summed E-state index contributed by atoms with van der Waals surface area (Å²) in [5, 5.41) is 0. The van der Waals surface area contributed by atoms with Crippen molar-refractivity contribution in [2.45, 2.75) is 18.4 Å². The van der Waals surface area contributed by atoms with Crippen molar-refractivity contribution in [2.75, 3.05) is 6.26 Å². The first kappa shape index (κ1) is 13.6. The van der Waals surface area contributed by atoms with E-state index in [1.54, 1.807) is 24.3 Å². The van der Waals surface area contributed by atoms with Crippen molar-refractivity contribution < 1.29 is 13.2 Å². The van der Waals surface area contributed by atoms with Crippen molar-refractivity contribution in [3.8, 4) is 5.75 Å². The highest BCUT2D eigenvalue weighted by Crippen LogP contribution is 2.17. The van der Waals surface area contributed by atoms with Gasteiger partial charge in [-0.25, -0.2) is 8.42 Å². The number of benzene rings is 2. The first-order valence-electron chi connectivity index (χ1n) is 5.93. The van der Waals surface area contributed by atoms with Crippen molar-refractivity contribution in [3.05, 3.63) is 59.7 Å². The van der Waals surface area contributed by atoms with Crippen molar-refractivity contribution >= 4 is 9.84 Å². The van der Waals surface area contributed by atoms with E-state index in [1.165, 1.54) is 11.8 Å². The molecule has 0 bridgehead atoms. The normalized spacial score (nSPS) is 11.3. The molecule has 2 aromatic rings. The number of aryl methyl sites for hydroxylation is 1. The van der Waals surface area contributed by atoms with Crippen molar-refractivity contribution in [2.24, 2.45) is 0 Å². The number of ether oxygens (including phenoxy) is 1. The van der Waals surface area contributed by atoms with Gasteiger partial charge in [0.25, 0.3) is 0 Å². The molecule has 0 saturated carbocycles. The van der Waals surface area contributed by atoms with Gasteiger partial charge in [0.15, 0.2) is 9.84 Å². The lowest BCUT2D eigenvalue weighted by molar-refractivity contribution is 0.306. The zero-order valence-corrected chi connectivity index (χ0v) is 11.8. The average molecular weight is 276 g/mol. The predicted molar refractivity (Wildman–Crippen MR) is 75.1 cm³/mol. The zero-order valence-electron chi connectivity index (χ0n) is 11.0. The largest absolute Gasteiger partial charge is 0.489 e. The molecule has 3 nitrogen and oxygen atoms in total. The Bertz CT molecular complexity index is 658. The Morgan fingerprint density at radius 2 is 1.74 bits per heavy atom. The quantitative estimate of drug-likeness (QED) is 0.862. The van der Waals surface area contributed by atoms with Gasteiger partial charge in [0.2, 0.25) is 0 Å². The van der Waals surface area contributed by atoms with E-state index >= 15 is 0 Å². The van der Waals surface area contributed by atoms with Gasteiger partial charge in [-0.05, 0) is 36.8 Å². The minimum absolute atomic E-state index is 0.301. The van der Waals surface area contributed by atoms with Gasteiger partial charge >= 0.3 is 0 Å². The zero-order chi connectivity index (χ0) is 13.9. The number of sulfone groups is 1. The molecule has 2 rings (SSSR count). The molecule has 0 N–H and O–H groups in total. The van der Waals surface area contributed by atoms with Crippen LogP contribution in [0.3, 0.4) is 0 Å². The molecule has 0 radical (unpaired) electrons. The highest BCUT2D eigenvalue weighted by Gasteiger charge is 2.06. The van der Waals surface area contributed by atoms with Gasteiger partial charge in [-0.2, -0.15) is 0 Å². The van der Waals surface area contributed by atoms with E-state index < -0.39 is 9.84 Å². The van der Waals surface area contributed by atoms with Gasteiger partial charge in [-0.15, -0.1) is 0 Å². The molecule has 100 valence electrons. The average Bonchev–Trinajstić information content (AvgIpc) is 2.36. The first-order chi connectivity index (χ1) is 8.95. The maximum absolute atomic E-state index is 11.3. The van der Waals surface area contributed by atoms with Gasteiger partial charge in [-0.1, -0.05) is 29.8 Å². The molecule has 0 aliphatic heterocycles. The number of rotatable bonds is 4. The minimum Gasteiger partial charge on any atom is -0.489 e. The van der Waals surface area contributed by atoms with Gasteiger partial charge in [0.1, 0.15) is 12.4 Å². The fourth-order valence-electron chi connectivity index (χ4n) is 1.75. The third-order valence-corrected chi connectivity index (χ3v) is 3.87. The monoisotopic (exact) mass is 276 g/mol. The van der Waals surface area contributed by atoms with E-state index in [1.807, 2.05) is 25.1 Å². The van der Waals surface area contributed by atoms with Gasteiger partial charge in [0, 0.05) is 6.26 Å².